The van der Waals surface area contributed by atoms with E-state index in [1.165, 1.54) is 0 Å². The van der Waals surface area contributed by atoms with Gasteiger partial charge in [0.15, 0.2) is 5.65 Å². The first kappa shape index (κ1) is 28.9. The Bertz CT molecular complexity index is 1760. The standard InChI is InChI=1S/C34H35N7O3/c1-3-28(24-8-5-4-6-9-24)38-34(43)39-29-11-7-10-27(23(29)2)26-20-30(32-35-14-15-41(32)22-26)37-31-13-12-25(21-36-31)33(42)40-16-18-44-19-17-40/h4-15,20-22,28H,3,16-19H2,1-2H3,(H,36,37)(H2,38,39,43). The van der Waals surface area contributed by atoms with Crippen LogP contribution in [0, 0.1) is 6.92 Å². The van der Waals surface area contributed by atoms with Crippen LogP contribution in [0.1, 0.15) is 40.9 Å². The summed E-state index contributed by atoms with van der Waals surface area (Å²) in [6, 6.07) is 21.1. The number of nitrogens with zero attached hydrogens (tertiary/aromatic N) is 4. The van der Waals surface area contributed by atoms with Crippen molar-refractivity contribution in [3.05, 3.63) is 108 Å². The molecule has 1 unspecified atom stereocenters. The zero-order valence-corrected chi connectivity index (χ0v) is 24.8. The monoisotopic (exact) mass is 589 g/mol. The number of imidazole rings is 1. The number of carbonyl (C=O) groups excluding carboxylic acids is 2. The van der Waals surface area contributed by atoms with Gasteiger partial charge in [-0.05, 0) is 54.3 Å². The number of hydrogen-bond donors (Lipinski definition) is 3. The molecule has 0 aliphatic carbocycles. The third-order valence-corrected chi connectivity index (χ3v) is 7.87. The maximum atomic E-state index is 13.0. The van der Waals surface area contributed by atoms with E-state index in [1.54, 1.807) is 29.4 Å². The molecule has 1 atom stereocenters. The van der Waals surface area contributed by atoms with Crippen LogP contribution in [-0.4, -0.2) is 57.5 Å². The quantitative estimate of drug-likeness (QED) is 0.199. The number of nitrogens with one attached hydrogen (secondary N) is 3. The number of benzene rings is 2. The van der Waals surface area contributed by atoms with E-state index in [0.29, 0.717) is 37.7 Å². The second-order valence-electron chi connectivity index (χ2n) is 10.7. The summed E-state index contributed by atoms with van der Waals surface area (Å²) in [6.45, 7) is 6.31. The summed E-state index contributed by atoms with van der Waals surface area (Å²) >= 11 is 0. The summed E-state index contributed by atoms with van der Waals surface area (Å²) in [4.78, 5) is 36.7. The Balaban J connectivity index is 1.22. The number of rotatable bonds is 8. The lowest BCUT2D eigenvalue weighted by Gasteiger charge is -2.26. The number of urea groups is 1. The number of pyridine rings is 2. The van der Waals surface area contributed by atoms with E-state index < -0.39 is 0 Å². The number of aromatic nitrogens is 3. The van der Waals surface area contributed by atoms with Crippen molar-refractivity contribution in [1.82, 2.24) is 24.6 Å². The van der Waals surface area contributed by atoms with Crippen LogP contribution in [0.3, 0.4) is 0 Å². The maximum absolute atomic E-state index is 13.0. The molecule has 0 bridgehead atoms. The number of amides is 3. The maximum Gasteiger partial charge on any atom is 0.319 e. The molecular formula is C34H35N7O3. The summed E-state index contributed by atoms with van der Waals surface area (Å²) in [5, 5.41) is 9.52. The first-order valence-electron chi connectivity index (χ1n) is 14.8. The highest BCUT2D eigenvalue weighted by Gasteiger charge is 2.19. The number of hydrogen-bond acceptors (Lipinski definition) is 6. The van der Waals surface area contributed by atoms with E-state index in [0.717, 1.165) is 45.7 Å². The highest BCUT2D eigenvalue weighted by atomic mass is 16.5. The van der Waals surface area contributed by atoms with Gasteiger partial charge < -0.3 is 30.0 Å². The minimum absolute atomic E-state index is 0.0482. The molecule has 1 aliphatic heterocycles. The molecule has 3 N–H and O–H groups in total. The predicted octanol–water partition coefficient (Wildman–Crippen LogP) is 6.19. The topological polar surface area (TPSA) is 113 Å². The molecule has 6 rings (SSSR count). The smallest absolute Gasteiger partial charge is 0.319 e. The summed E-state index contributed by atoms with van der Waals surface area (Å²) in [5.41, 5.74) is 6.67. The lowest BCUT2D eigenvalue weighted by atomic mass is 10.00. The molecule has 5 aromatic rings. The Morgan fingerprint density at radius 3 is 2.55 bits per heavy atom. The lowest BCUT2D eigenvalue weighted by molar-refractivity contribution is 0.0302. The largest absolute Gasteiger partial charge is 0.378 e. The van der Waals surface area contributed by atoms with E-state index >= 15 is 0 Å². The van der Waals surface area contributed by atoms with Crippen LogP contribution in [0.2, 0.25) is 0 Å². The van der Waals surface area contributed by atoms with Gasteiger partial charge in [0.05, 0.1) is 30.5 Å². The first-order chi connectivity index (χ1) is 21.5. The third-order valence-electron chi connectivity index (χ3n) is 7.87. The molecule has 1 fully saturated rings. The van der Waals surface area contributed by atoms with Crippen LogP contribution in [0.5, 0.6) is 0 Å². The van der Waals surface area contributed by atoms with E-state index in [1.807, 2.05) is 78.3 Å². The number of fused-ring (bicyclic) bond motifs is 1. The van der Waals surface area contributed by atoms with Crippen LogP contribution in [0.25, 0.3) is 16.8 Å². The van der Waals surface area contributed by atoms with E-state index in [9.17, 15) is 9.59 Å². The molecule has 44 heavy (non-hydrogen) atoms. The number of anilines is 3. The fourth-order valence-electron chi connectivity index (χ4n) is 5.46. The molecule has 3 aromatic heterocycles. The predicted molar refractivity (Wildman–Crippen MR) is 171 cm³/mol. The highest BCUT2D eigenvalue weighted by molar-refractivity contribution is 5.94. The molecule has 224 valence electrons. The summed E-state index contributed by atoms with van der Waals surface area (Å²) in [5.74, 6) is 0.547. The number of carbonyl (C=O) groups is 2. The first-order valence-corrected chi connectivity index (χ1v) is 14.8. The lowest BCUT2D eigenvalue weighted by Crippen LogP contribution is -2.40. The van der Waals surface area contributed by atoms with Gasteiger partial charge >= 0.3 is 6.03 Å². The Kier molecular flexibility index (Phi) is 8.51. The number of ether oxygens (including phenoxy) is 1. The zero-order chi connectivity index (χ0) is 30.5. The molecule has 3 amide bonds. The van der Waals surface area contributed by atoms with Gasteiger partial charge in [0, 0.05) is 49.1 Å². The van der Waals surface area contributed by atoms with Crippen molar-refractivity contribution in [3.8, 4) is 11.1 Å². The van der Waals surface area contributed by atoms with Crippen molar-refractivity contribution in [3.63, 3.8) is 0 Å². The second-order valence-corrected chi connectivity index (χ2v) is 10.7. The second kappa shape index (κ2) is 13.0. The normalized spacial score (nSPS) is 13.8. The van der Waals surface area contributed by atoms with E-state index in [-0.39, 0.29) is 18.0 Å². The van der Waals surface area contributed by atoms with Gasteiger partial charge in [0.2, 0.25) is 0 Å². The van der Waals surface area contributed by atoms with E-state index in [2.05, 4.69) is 32.8 Å². The summed E-state index contributed by atoms with van der Waals surface area (Å²) in [6.07, 6.45) is 8.02. The van der Waals surface area contributed by atoms with Crippen LogP contribution >= 0.6 is 0 Å². The van der Waals surface area contributed by atoms with Gasteiger partial charge in [-0.15, -0.1) is 0 Å². The summed E-state index contributed by atoms with van der Waals surface area (Å²) < 4.78 is 7.31. The van der Waals surface area contributed by atoms with Crippen molar-refractivity contribution < 1.29 is 14.3 Å². The number of morpholine rings is 1. The average molecular weight is 590 g/mol. The van der Waals surface area contributed by atoms with Crippen molar-refractivity contribution in [2.45, 2.75) is 26.3 Å². The Morgan fingerprint density at radius 2 is 1.80 bits per heavy atom. The van der Waals surface area contributed by atoms with Gasteiger partial charge in [0.1, 0.15) is 5.82 Å². The van der Waals surface area contributed by atoms with Gasteiger partial charge in [-0.2, -0.15) is 0 Å². The van der Waals surface area contributed by atoms with Crippen LogP contribution in [0.15, 0.2) is 91.5 Å². The van der Waals surface area contributed by atoms with Gasteiger partial charge in [-0.3, -0.25) is 4.79 Å². The zero-order valence-electron chi connectivity index (χ0n) is 24.8. The van der Waals surface area contributed by atoms with Crippen LogP contribution < -0.4 is 16.0 Å². The fourth-order valence-corrected chi connectivity index (χ4v) is 5.46. The Morgan fingerprint density at radius 1 is 0.977 bits per heavy atom. The molecule has 4 heterocycles. The van der Waals surface area contributed by atoms with Gasteiger partial charge in [-0.1, -0.05) is 49.4 Å². The minimum Gasteiger partial charge on any atom is -0.378 e. The average Bonchev–Trinajstić information content (AvgIpc) is 3.55. The third kappa shape index (κ3) is 6.25. The van der Waals surface area contributed by atoms with Crippen molar-refractivity contribution >= 4 is 34.8 Å². The van der Waals surface area contributed by atoms with E-state index in [4.69, 9.17) is 4.74 Å². The van der Waals surface area contributed by atoms with Crippen LogP contribution in [-0.2, 0) is 4.74 Å². The molecule has 2 aromatic carbocycles. The van der Waals surface area contributed by atoms with Crippen LogP contribution in [0.4, 0.5) is 22.0 Å². The minimum atomic E-state index is -0.255. The molecule has 10 nitrogen and oxygen atoms in total. The van der Waals surface area contributed by atoms with Gasteiger partial charge in [-0.25, -0.2) is 14.8 Å². The fraction of sp³-hybridized carbons (Fsp3) is 0.235. The molecule has 0 saturated carbocycles. The highest BCUT2D eigenvalue weighted by Crippen LogP contribution is 2.32. The molecule has 0 radical (unpaired) electrons. The molecule has 1 saturated heterocycles. The molecule has 10 heteroatoms. The molecular weight excluding hydrogens is 554 g/mol. The van der Waals surface area contributed by atoms with Gasteiger partial charge in [0.25, 0.3) is 5.91 Å². The summed E-state index contributed by atoms with van der Waals surface area (Å²) in [7, 11) is 0. The molecule has 0 spiro atoms. The Labute approximate surface area is 256 Å². The van der Waals surface area contributed by atoms with Crippen molar-refractivity contribution in [2.24, 2.45) is 0 Å². The van der Waals surface area contributed by atoms with Crippen molar-refractivity contribution in [2.75, 3.05) is 36.9 Å². The Hall–Kier alpha value is -5.22. The van der Waals surface area contributed by atoms with Crippen molar-refractivity contribution in [1.29, 1.82) is 0 Å². The molecule has 1 aliphatic rings. The SMILES string of the molecule is CCC(NC(=O)Nc1cccc(-c2cc(Nc3ccc(C(=O)N4CCOCC4)cn3)c3nccn3c2)c1C)c1ccccc1.